The quantitative estimate of drug-likeness (QED) is 0.788. The normalized spacial score (nSPS) is 32.9. The predicted octanol–water partition coefficient (Wildman–Crippen LogP) is 3.90. The first kappa shape index (κ1) is 19.4. The van der Waals surface area contributed by atoms with Gasteiger partial charge in [-0.25, -0.2) is 0 Å². The second-order valence-corrected chi connectivity index (χ2v) is 9.56. The monoisotopic (exact) mass is 370 g/mol. The topological polar surface area (TPSA) is 26.7 Å². The van der Waals surface area contributed by atoms with E-state index in [0.29, 0.717) is 11.8 Å². The highest BCUT2D eigenvalue weighted by molar-refractivity contribution is 5.30. The van der Waals surface area contributed by atoms with Crippen molar-refractivity contribution in [2.45, 2.75) is 58.0 Å². The predicted molar refractivity (Wildman–Crippen MR) is 112 cm³/mol. The van der Waals surface area contributed by atoms with Crippen LogP contribution in [0.3, 0.4) is 0 Å². The summed E-state index contributed by atoms with van der Waals surface area (Å²) >= 11 is 0. The van der Waals surface area contributed by atoms with Gasteiger partial charge in [-0.15, -0.1) is 0 Å². The number of hydrogen-bond acceptors (Lipinski definition) is 3. The van der Waals surface area contributed by atoms with E-state index in [4.69, 9.17) is 0 Å². The van der Waals surface area contributed by atoms with Crippen molar-refractivity contribution < 1.29 is 5.11 Å². The van der Waals surface area contributed by atoms with E-state index in [-0.39, 0.29) is 0 Å². The standard InChI is InChI=1S/C24H38N2O/c1-3-19(2)16-26-17-21-10-12-24(27,23(21)18-26)22-8-6-20(7-9-22)11-15-25-13-4-5-14-25/h6-9,19,21,23,27H,3-5,10-18H2,1-2H3. The molecule has 3 fully saturated rings. The molecule has 0 radical (unpaired) electrons. The molecule has 0 amide bonds. The molecule has 4 unspecified atom stereocenters. The first-order valence-corrected chi connectivity index (χ1v) is 11.3. The lowest BCUT2D eigenvalue weighted by Gasteiger charge is -2.31. The molecule has 2 heterocycles. The van der Waals surface area contributed by atoms with Gasteiger partial charge in [0.25, 0.3) is 0 Å². The summed E-state index contributed by atoms with van der Waals surface area (Å²) in [6.07, 6.45) is 7.22. The Kier molecular flexibility index (Phi) is 5.92. The van der Waals surface area contributed by atoms with E-state index in [1.54, 1.807) is 0 Å². The van der Waals surface area contributed by atoms with Crippen LogP contribution in [0.1, 0.15) is 57.1 Å². The summed E-state index contributed by atoms with van der Waals surface area (Å²) in [7, 11) is 0. The average Bonchev–Trinajstić information content (AvgIpc) is 3.40. The highest BCUT2D eigenvalue weighted by Crippen LogP contribution is 2.50. The van der Waals surface area contributed by atoms with Crippen molar-refractivity contribution in [1.29, 1.82) is 0 Å². The maximum atomic E-state index is 11.6. The molecule has 150 valence electrons. The largest absolute Gasteiger partial charge is 0.385 e. The summed E-state index contributed by atoms with van der Waals surface area (Å²) in [5, 5.41) is 11.6. The summed E-state index contributed by atoms with van der Waals surface area (Å²) in [5.41, 5.74) is 1.96. The fourth-order valence-electron chi connectivity index (χ4n) is 5.72. The minimum atomic E-state index is -0.609. The third-order valence-corrected chi connectivity index (χ3v) is 7.66. The van der Waals surface area contributed by atoms with Crippen LogP contribution in [0.4, 0.5) is 0 Å². The zero-order chi connectivity index (χ0) is 18.9. The molecular formula is C24H38N2O. The smallest absolute Gasteiger partial charge is 0.0940 e. The molecular weight excluding hydrogens is 332 g/mol. The Balaban J connectivity index is 1.38. The Morgan fingerprint density at radius 3 is 2.56 bits per heavy atom. The average molecular weight is 371 g/mol. The van der Waals surface area contributed by atoms with Crippen molar-refractivity contribution in [2.75, 3.05) is 39.3 Å². The lowest BCUT2D eigenvalue weighted by Crippen LogP contribution is -2.35. The summed E-state index contributed by atoms with van der Waals surface area (Å²) < 4.78 is 0. The number of aliphatic hydroxyl groups is 1. The van der Waals surface area contributed by atoms with Crippen LogP contribution in [-0.4, -0.2) is 54.2 Å². The van der Waals surface area contributed by atoms with Gasteiger partial charge < -0.3 is 14.9 Å². The van der Waals surface area contributed by atoms with Gasteiger partial charge in [0, 0.05) is 32.1 Å². The van der Waals surface area contributed by atoms with Crippen LogP contribution in [0.5, 0.6) is 0 Å². The van der Waals surface area contributed by atoms with Crippen molar-refractivity contribution >= 4 is 0 Å². The minimum absolute atomic E-state index is 0.414. The summed E-state index contributed by atoms with van der Waals surface area (Å²) in [5.74, 6) is 1.85. The molecule has 4 atom stereocenters. The molecule has 2 aliphatic heterocycles. The molecule has 1 saturated carbocycles. The van der Waals surface area contributed by atoms with Gasteiger partial charge in [0.1, 0.15) is 0 Å². The van der Waals surface area contributed by atoms with Crippen molar-refractivity contribution in [3.05, 3.63) is 35.4 Å². The summed E-state index contributed by atoms with van der Waals surface area (Å²) in [4.78, 5) is 5.19. The number of likely N-dealkylation sites (tertiary alicyclic amines) is 2. The second-order valence-electron chi connectivity index (χ2n) is 9.56. The zero-order valence-corrected chi connectivity index (χ0v) is 17.4. The number of nitrogens with zero attached hydrogens (tertiary/aromatic N) is 2. The molecule has 3 heteroatoms. The van der Waals surface area contributed by atoms with E-state index in [1.807, 2.05) is 0 Å². The summed E-state index contributed by atoms with van der Waals surface area (Å²) in [6.45, 7) is 11.8. The molecule has 3 aliphatic rings. The van der Waals surface area contributed by atoms with Crippen LogP contribution in [0.2, 0.25) is 0 Å². The molecule has 0 spiro atoms. The van der Waals surface area contributed by atoms with E-state index in [9.17, 15) is 5.11 Å². The van der Waals surface area contributed by atoms with Crippen LogP contribution in [0.25, 0.3) is 0 Å². The Labute approximate surface area is 165 Å². The van der Waals surface area contributed by atoms with Crippen molar-refractivity contribution in [2.24, 2.45) is 17.8 Å². The van der Waals surface area contributed by atoms with Gasteiger partial charge in [-0.2, -0.15) is 0 Å². The van der Waals surface area contributed by atoms with Crippen LogP contribution in [-0.2, 0) is 12.0 Å². The van der Waals surface area contributed by atoms with Gasteiger partial charge in [-0.1, -0.05) is 44.5 Å². The molecule has 1 aromatic carbocycles. The highest BCUT2D eigenvalue weighted by atomic mass is 16.3. The van der Waals surface area contributed by atoms with E-state index in [1.165, 1.54) is 64.0 Å². The fraction of sp³-hybridized carbons (Fsp3) is 0.750. The number of fused-ring (bicyclic) bond motifs is 1. The SMILES string of the molecule is CCC(C)CN1CC2CCC(O)(c3ccc(CCN4CCCC4)cc3)C2C1. The summed E-state index contributed by atoms with van der Waals surface area (Å²) in [6, 6.07) is 8.98. The fourth-order valence-corrected chi connectivity index (χ4v) is 5.72. The van der Waals surface area contributed by atoms with Gasteiger partial charge in [0.15, 0.2) is 0 Å². The van der Waals surface area contributed by atoms with Crippen LogP contribution in [0, 0.1) is 17.8 Å². The van der Waals surface area contributed by atoms with Gasteiger partial charge in [0.05, 0.1) is 5.60 Å². The molecule has 0 aromatic heterocycles. The Bertz CT molecular complexity index is 609. The Morgan fingerprint density at radius 1 is 1.11 bits per heavy atom. The molecule has 1 N–H and O–H groups in total. The van der Waals surface area contributed by atoms with Gasteiger partial charge in [-0.3, -0.25) is 0 Å². The van der Waals surface area contributed by atoms with E-state index in [0.717, 1.165) is 30.9 Å². The van der Waals surface area contributed by atoms with Crippen molar-refractivity contribution in [3.8, 4) is 0 Å². The van der Waals surface area contributed by atoms with E-state index >= 15 is 0 Å². The molecule has 1 aliphatic carbocycles. The molecule has 1 aromatic rings. The van der Waals surface area contributed by atoms with Crippen molar-refractivity contribution in [1.82, 2.24) is 9.80 Å². The molecule has 3 nitrogen and oxygen atoms in total. The zero-order valence-electron chi connectivity index (χ0n) is 17.4. The van der Waals surface area contributed by atoms with Gasteiger partial charge >= 0.3 is 0 Å². The lowest BCUT2D eigenvalue weighted by molar-refractivity contribution is -0.00699. The first-order chi connectivity index (χ1) is 13.1. The highest BCUT2D eigenvalue weighted by Gasteiger charge is 2.52. The molecule has 0 bridgehead atoms. The van der Waals surface area contributed by atoms with Gasteiger partial charge in [-0.05, 0) is 68.2 Å². The van der Waals surface area contributed by atoms with Crippen molar-refractivity contribution in [3.63, 3.8) is 0 Å². The maximum absolute atomic E-state index is 11.6. The van der Waals surface area contributed by atoms with Crippen LogP contribution in [0.15, 0.2) is 24.3 Å². The lowest BCUT2D eigenvalue weighted by atomic mass is 9.82. The van der Waals surface area contributed by atoms with Crippen LogP contribution < -0.4 is 0 Å². The number of rotatable bonds is 7. The minimum Gasteiger partial charge on any atom is -0.385 e. The third-order valence-electron chi connectivity index (χ3n) is 7.66. The van der Waals surface area contributed by atoms with Crippen LogP contribution >= 0.6 is 0 Å². The second kappa shape index (κ2) is 8.23. The molecule has 27 heavy (non-hydrogen) atoms. The Morgan fingerprint density at radius 2 is 1.85 bits per heavy atom. The van der Waals surface area contributed by atoms with E-state index in [2.05, 4.69) is 47.9 Å². The van der Waals surface area contributed by atoms with E-state index < -0.39 is 5.60 Å². The van der Waals surface area contributed by atoms with Gasteiger partial charge in [0.2, 0.25) is 0 Å². The Hall–Kier alpha value is -0.900. The maximum Gasteiger partial charge on any atom is 0.0940 e. The first-order valence-electron chi connectivity index (χ1n) is 11.3. The molecule has 2 saturated heterocycles. The third kappa shape index (κ3) is 4.11. The number of hydrogen-bond donors (Lipinski definition) is 1. The number of benzene rings is 1. The molecule has 4 rings (SSSR count).